The summed E-state index contributed by atoms with van der Waals surface area (Å²) in [7, 11) is -1.90. The average Bonchev–Trinajstić information content (AvgIpc) is 2.58. The van der Waals surface area contributed by atoms with Crippen LogP contribution in [0.5, 0.6) is 5.75 Å². The summed E-state index contributed by atoms with van der Waals surface area (Å²) in [4.78, 5) is 2.89. The highest BCUT2D eigenvalue weighted by molar-refractivity contribution is 7.89. The summed E-state index contributed by atoms with van der Waals surface area (Å²) in [5.41, 5.74) is 1.43. The Morgan fingerprint density at radius 3 is 2.52 bits per heavy atom. The number of piperidine rings is 1. The van der Waals surface area contributed by atoms with Gasteiger partial charge in [-0.15, -0.1) is 0 Å². The molecule has 6 heteroatoms. The van der Waals surface area contributed by atoms with Crippen LogP contribution in [0.4, 0.5) is 0 Å². The summed E-state index contributed by atoms with van der Waals surface area (Å²) >= 11 is 0. The maximum absolute atomic E-state index is 12.7. The van der Waals surface area contributed by atoms with E-state index in [0.717, 1.165) is 19.5 Å². The second kappa shape index (κ2) is 9.01. The Labute approximate surface area is 152 Å². The fourth-order valence-corrected chi connectivity index (χ4v) is 5.35. The first-order valence-electron chi connectivity index (χ1n) is 9.28. The Balaban J connectivity index is 1.94. The number of nitrogens with zero attached hydrogens (tertiary/aromatic N) is 1. The van der Waals surface area contributed by atoms with E-state index in [-0.39, 0.29) is 0 Å². The number of ether oxygens (including phenoxy) is 1. The number of hydrogen-bond donors (Lipinski definition) is 1. The highest BCUT2D eigenvalue weighted by Gasteiger charge is 2.22. The van der Waals surface area contributed by atoms with Crippen molar-refractivity contribution in [2.24, 2.45) is 0 Å². The molecular weight excluding hydrogens is 336 g/mol. The summed E-state index contributed by atoms with van der Waals surface area (Å²) in [6.45, 7) is 8.43. The number of likely N-dealkylation sites (tertiary alicyclic amines) is 1. The van der Waals surface area contributed by atoms with E-state index in [0.29, 0.717) is 34.4 Å². The van der Waals surface area contributed by atoms with Crippen LogP contribution in [0.25, 0.3) is 0 Å². The van der Waals surface area contributed by atoms with Crippen LogP contribution in [0.3, 0.4) is 0 Å². The summed E-state index contributed by atoms with van der Waals surface area (Å²) in [6.07, 6.45) is 5.86. The summed E-state index contributed by atoms with van der Waals surface area (Å²) < 4.78 is 33.3. The molecule has 1 N–H and O–H groups in total. The van der Waals surface area contributed by atoms with Gasteiger partial charge in [-0.2, -0.15) is 0 Å². The molecule has 1 heterocycles. The highest BCUT2D eigenvalue weighted by Crippen LogP contribution is 2.25. The first kappa shape index (κ1) is 20.2. The third kappa shape index (κ3) is 5.19. The Morgan fingerprint density at radius 2 is 1.92 bits per heavy atom. The Morgan fingerprint density at radius 1 is 1.24 bits per heavy atom. The van der Waals surface area contributed by atoms with Gasteiger partial charge in [-0.25, -0.2) is 13.1 Å². The lowest BCUT2D eigenvalue weighted by Crippen LogP contribution is -2.40. The highest BCUT2D eigenvalue weighted by atomic mass is 32.2. The molecule has 1 aliphatic rings. The minimum Gasteiger partial charge on any atom is -0.497 e. The SMILES string of the molecule is CC[C@H]1CCCCN1CCCNS(=O)(=O)c1c(C)cc(OC)cc1C. The van der Waals surface area contributed by atoms with Gasteiger partial charge in [0.2, 0.25) is 10.0 Å². The molecule has 0 spiro atoms. The fourth-order valence-electron chi connectivity index (χ4n) is 3.83. The minimum absolute atomic E-state index is 0.373. The molecule has 1 aromatic rings. The van der Waals surface area contributed by atoms with Crippen molar-refractivity contribution in [2.45, 2.75) is 63.8 Å². The lowest BCUT2D eigenvalue weighted by atomic mass is 10.00. The van der Waals surface area contributed by atoms with Gasteiger partial charge in [0.25, 0.3) is 0 Å². The zero-order valence-corrected chi connectivity index (χ0v) is 16.8. The Kier molecular flexibility index (Phi) is 7.28. The zero-order chi connectivity index (χ0) is 18.4. The largest absolute Gasteiger partial charge is 0.497 e. The van der Waals surface area contributed by atoms with Gasteiger partial charge in [0.15, 0.2) is 0 Å². The number of aryl methyl sites for hydroxylation is 2. The Bertz CT molecular complexity index is 650. The van der Waals surface area contributed by atoms with Gasteiger partial charge in [0.1, 0.15) is 5.75 Å². The van der Waals surface area contributed by atoms with Crippen LogP contribution in [0.15, 0.2) is 17.0 Å². The van der Waals surface area contributed by atoms with Crippen molar-refractivity contribution < 1.29 is 13.2 Å². The number of rotatable bonds is 8. The van der Waals surface area contributed by atoms with Gasteiger partial charge >= 0.3 is 0 Å². The molecule has 0 amide bonds. The molecule has 0 unspecified atom stereocenters. The van der Waals surface area contributed by atoms with Crippen molar-refractivity contribution in [1.82, 2.24) is 9.62 Å². The first-order chi connectivity index (χ1) is 11.9. The average molecular weight is 369 g/mol. The molecule has 1 atom stereocenters. The molecule has 2 rings (SSSR count). The summed E-state index contributed by atoms with van der Waals surface area (Å²) in [6, 6.07) is 4.19. The number of hydrogen-bond acceptors (Lipinski definition) is 4. The van der Waals surface area contributed by atoms with Gasteiger partial charge < -0.3 is 9.64 Å². The van der Waals surface area contributed by atoms with Gasteiger partial charge in [0.05, 0.1) is 12.0 Å². The molecule has 0 saturated carbocycles. The van der Waals surface area contributed by atoms with E-state index in [4.69, 9.17) is 4.74 Å². The lowest BCUT2D eigenvalue weighted by molar-refractivity contribution is 0.143. The zero-order valence-electron chi connectivity index (χ0n) is 16.0. The molecular formula is C19H32N2O3S. The molecule has 25 heavy (non-hydrogen) atoms. The van der Waals surface area contributed by atoms with Crippen LogP contribution in [0.2, 0.25) is 0 Å². The molecule has 1 fully saturated rings. The van der Waals surface area contributed by atoms with Crippen molar-refractivity contribution in [2.75, 3.05) is 26.7 Å². The fraction of sp³-hybridized carbons (Fsp3) is 0.684. The van der Waals surface area contributed by atoms with E-state index < -0.39 is 10.0 Å². The van der Waals surface area contributed by atoms with E-state index in [1.807, 2.05) is 13.8 Å². The van der Waals surface area contributed by atoms with Crippen LogP contribution in [-0.4, -0.2) is 46.1 Å². The van der Waals surface area contributed by atoms with Crippen LogP contribution in [0, 0.1) is 13.8 Å². The van der Waals surface area contributed by atoms with Crippen LogP contribution in [-0.2, 0) is 10.0 Å². The smallest absolute Gasteiger partial charge is 0.241 e. The number of nitrogens with one attached hydrogen (secondary N) is 1. The second-order valence-electron chi connectivity index (χ2n) is 6.94. The monoisotopic (exact) mass is 368 g/mol. The van der Waals surface area contributed by atoms with E-state index in [1.54, 1.807) is 19.2 Å². The van der Waals surface area contributed by atoms with E-state index in [1.165, 1.54) is 25.7 Å². The van der Waals surface area contributed by atoms with E-state index in [9.17, 15) is 8.42 Å². The van der Waals surface area contributed by atoms with Crippen molar-refractivity contribution >= 4 is 10.0 Å². The van der Waals surface area contributed by atoms with Crippen molar-refractivity contribution in [3.63, 3.8) is 0 Å². The quantitative estimate of drug-likeness (QED) is 0.716. The molecule has 142 valence electrons. The normalized spacial score (nSPS) is 19.1. The standard InChI is InChI=1S/C19H32N2O3S/c1-5-17-9-6-7-11-21(17)12-8-10-20-25(22,23)19-15(2)13-18(24-4)14-16(19)3/h13-14,17,20H,5-12H2,1-4H3/t17-/m0/s1. The van der Waals surface area contributed by atoms with Crippen LogP contribution >= 0.6 is 0 Å². The molecule has 5 nitrogen and oxygen atoms in total. The van der Waals surface area contributed by atoms with Crippen LogP contribution in [0.1, 0.15) is 50.2 Å². The second-order valence-corrected chi connectivity index (χ2v) is 8.64. The number of methoxy groups -OCH3 is 1. The lowest BCUT2D eigenvalue weighted by Gasteiger charge is -2.35. The minimum atomic E-state index is -3.49. The summed E-state index contributed by atoms with van der Waals surface area (Å²) in [5, 5.41) is 0. The van der Waals surface area contributed by atoms with Crippen molar-refractivity contribution in [3.8, 4) is 5.75 Å². The van der Waals surface area contributed by atoms with Gasteiger partial charge in [-0.05, 0) is 75.9 Å². The van der Waals surface area contributed by atoms with Crippen molar-refractivity contribution in [3.05, 3.63) is 23.3 Å². The molecule has 0 aromatic heterocycles. The number of benzene rings is 1. The molecule has 0 radical (unpaired) electrons. The first-order valence-corrected chi connectivity index (χ1v) is 10.8. The molecule has 1 aliphatic heterocycles. The molecule has 1 saturated heterocycles. The predicted molar refractivity (Wildman–Crippen MR) is 102 cm³/mol. The van der Waals surface area contributed by atoms with Gasteiger partial charge in [-0.3, -0.25) is 0 Å². The molecule has 0 aliphatic carbocycles. The van der Waals surface area contributed by atoms with E-state index in [2.05, 4.69) is 16.5 Å². The number of sulfonamides is 1. The maximum atomic E-state index is 12.7. The Hall–Kier alpha value is -1.11. The third-order valence-electron chi connectivity index (χ3n) is 5.07. The van der Waals surface area contributed by atoms with Crippen LogP contribution < -0.4 is 9.46 Å². The maximum Gasteiger partial charge on any atom is 0.241 e. The topological polar surface area (TPSA) is 58.6 Å². The van der Waals surface area contributed by atoms with Crippen molar-refractivity contribution in [1.29, 1.82) is 0 Å². The van der Waals surface area contributed by atoms with Gasteiger partial charge in [0, 0.05) is 12.6 Å². The molecule has 0 bridgehead atoms. The predicted octanol–water partition coefficient (Wildman–Crippen LogP) is 3.24. The summed E-state index contributed by atoms with van der Waals surface area (Å²) in [5.74, 6) is 0.685. The van der Waals surface area contributed by atoms with Gasteiger partial charge in [-0.1, -0.05) is 13.3 Å². The molecule has 1 aromatic carbocycles. The third-order valence-corrected chi connectivity index (χ3v) is 6.84. The van der Waals surface area contributed by atoms with E-state index >= 15 is 0 Å².